The van der Waals surface area contributed by atoms with Gasteiger partial charge in [0, 0.05) is 33.0 Å². The van der Waals surface area contributed by atoms with Crippen molar-refractivity contribution in [3.8, 4) is 0 Å². The van der Waals surface area contributed by atoms with Crippen LogP contribution >= 0.6 is 0 Å². The van der Waals surface area contributed by atoms with E-state index in [-0.39, 0.29) is 13.2 Å². The number of amides is 2. The van der Waals surface area contributed by atoms with Crippen LogP contribution in [0.1, 0.15) is 33.1 Å². The van der Waals surface area contributed by atoms with Crippen LogP contribution in [-0.2, 0) is 38.0 Å². The van der Waals surface area contributed by atoms with E-state index in [0.717, 1.165) is 0 Å². The Bertz CT molecular complexity index is 926. The molecule has 17 nitrogen and oxygen atoms in total. The van der Waals surface area contributed by atoms with Crippen LogP contribution in [0.4, 0.5) is 9.59 Å². The molecule has 2 heterocycles. The highest BCUT2D eigenvalue weighted by Crippen LogP contribution is 2.30. The molecule has 254 valence electrons. The largest absolute Gasteiger partial charge is 0.479 e. The first-order valence-electron chi connectivity index (χ1n) is 14.4. The van der Waals surface area contributed by atoms with Crippen LogP contribution in [0.25, 0.3) is 0 Å². The van der Waals surface area contributed by atoms with E-state index in [2.05, 4.69) is 22.5 Å². The molecule has 10 atom stereocenters. The number of aliphatic hydroxyl groups is 3. The quantitative estimate of drug-likeness (QED) is 0.0931. The van der Waals surface area contributed by atoms with Crippen molar-refractivity contribution in [1.82, 2.24) is 16.0 Å². The van der Waals surface area contributed by atoms with Gasteiger partial charge in [-0.15, -0.1) is 0 Å². The van der Waals surface area contributed by atoms with Gasteiger partial charge < -0.3 is 69.5 Å². The Balaban J connectivity index is 1.88. The number of carbonyl (C=O) groups excluding carboxylic acids is 2. The Morgan fingerprint density at radius 1 is 0.864 bits per heavy atom. The lowest BCUT2D eigenvalue weighted by molar-refractivity contribution is -0.327. The van der Waals surface area contributed by atoms with Crippen molar-refractivity contribution in [2.75, 3.05) is 47.1 Å². The summed E-state index contributed by atoms with van der Waals surface area (Å²) in [7, 11) is 2.68. The zero-order chi connectivity index (χ0) is 32.8. The number of hydrogen-bond acceptors (Lipinski definition) is 14. The van der Waals surface area contributed by atoms with Crippen LogP contribution in [0.15, 0.2) is 12.3 Å². The fourth-order valence-electron chi connectivity index (χ4n) is 4.77. The maximum absolute atomic E-state index is 12.3. The zero-order valence-electron chi connectivity index (χ0n) is 25.5. The lowest BCUT2D eigenvalue weighted by atomic mass is 9.92. The first-order valence-corrected chi connectivity index (χ1v) is 14.4. The Hall–Kier alpha value is -2.77. The number of methoxy groups -OCH3 is 2. The first kappa shape index (κ1) is 37.4. The smallest absolute Gasteiger partial charge is 0.407 e. The van der Waals surface area contributed by atoms with Crippen molar-refractivity contribution in [3.63, 3.8) is 0 Å². The number of carboxylic acids is 1. The molecule has 2 amide bonds. The highest BCUT2D eigenvalue weighted by atomic mass is 16.7. The van der Waals surface area contributed by atoms with Gasteiger partial charge in [-0.05, 0) is 33.1 Å². The van der Waals surface area contributed by atoms with Crippen LogP contribution in [0.3, 0.4) is 0 Å². The van der Waals surface area contributed by atoms with Crippen LogP contribution in [0.5, 0.6) is 0 Å². The number of allylic oxidation sites excluding steroid dienone is 1. The molecule has 2 unspecified atom stereocenters. The minimum Gasteiger partial charge on any atom is -0.479 e. The third-order valence-electron chi connectivity index (χ3n) is 7.02. The average molecular weight is 638 g/mol. The number of hydrogen-bond donors (Lipinski definition) is 7. The Morgan fingerprint density at radius 3 is 2.07 bits per heavy atom. The van der Waals surface area contributed by atoms with E-state index in [1.165, 1.54) is 14.2 Å². The predicted molar refractivity (Wildman–Crippen MR) is 150 cm³/mol. The number of nitrogens with one attached hydrogen (secondary N) is 3. The number of rotatable bonds is 17. The van der Waals surface area contributed by atoms with Gasteiger partial charge in [0.15, 0.2) is 12.4 Å². The van der Waals surface area contributed by atoms with Crippen molar-refractivity contribution in [3.05, 3.63) is 12.3 Å². The van der Waals surface area contributed by atoms with E-state index in [1.807, 2.05) is 0 Å². The van der Waals surface area contributed by atoms with Gasteiger partial charge in [-0.25, -0.2) is 14.4 Å². The second kappa shape index (κ2) is 18.9. The Morgan fingerprint density at radius 2 is 1.50 bits per heavy atom. The fourth-order valence-corrected chi connectivity index (χ4v) is 4.77. The minimum atomic E-state index is -1.71. The molecule has 0 aromatic carbocycles. The number of carbonyl (C=O) groups is 3. The molecule has 0 aromatic heterocycles. The summed E-state index contributed by atoms with van der Waals surface area (Å²) in [5, 5.41) is 50.1. The summed E-state index contributed by atoms with van der Waals surface area (Å²) in [6.45, 7) is 8.01. The highest BCUT2D eigenvalue weighted by molar-refractivity contribution is 5.73. The number of unbranched alkanes of at least 4 members (excludes halogenated alkanes) is 2. The van der Waals surface area contributed by atoms with Gasteiger partial charge in [0.1, 0.15) is 49.8 Å². The maximum Gasteiger partial charge on any atom is 0.407 e. The first-order chi connectivity index (χ1) is 20.9. The third kappa shape index (κ3) is 11.3. The molecule has 0 radical (unpaired) electrons. The number of alkyl carbamates (subject to hydrolysis) is 2. The molecule has 2 fully saturated rings. The predicted octanol–water partition coefficient (Wildman–Crippen LogP) is -1.17. The third-order valence-corrected chi connectivity index (χ3v) is 7.02. The summed E-state index contributed by atoms with van der Waals surface area (Å²) in [5.74, 6) is -1.44. The minimum absolute atomic E-state index is 0.167. The van der Waals surface area contributed by atoms with E-state index in [1.54, 1.807) is 13.8 Å². The summed E-state index contributed by atoms with van der Waals surface area (Å²) in [6.07, 6.45) is -11.6. The van der Waals surface area contributed by atoms with Crippen molar-refractivity contribution in [1.29, 1.82) is 0 Å². The number of carboxylic acid groups (broad SMARTS) is 1. The lowest BCUT2D eigenvalue weighted by Gasteiger charge is -2.47. The van der Waals surface area contributed by atoms with Gasteiger partial charge >= 0.3 is 18.2 Å². The molecule has 44 heavy (non-hydrogen) atoms. The van der Waals surface area contributed by atoms with E-state index >= 15 is 0 Å². The second-order valence-electron chi connectivity index (χ2n) is 10.5. The average Bonchev–Trinajstić information content (AvgIpc) is 2.97. The molecular weight excluding hydrogens is 590 g/mol. The molecule has 17 heteroatoms. The van der Waals surface area contributed by atoms with Crippen molar-refractivity contribution in [2.24, 2.45) is 0 Å². The number of ether oxygens (including phenoxy) is 7. The van der Waals surface area contributed by atoms with Crippen LogP contribution in [0.2, 0.25) is 0 Å². The maximum atomic E-state index is 12.3. The van der Waals surface area contributed by atoms with E-state index in [0.29, 0.717) is 44.7 Å². The van der Waals surface area contributed by atoms with Gasteiger partial charge in [0.25, 0.3) is 0 Å². The van der Waals surface area contributed by atoms with E-state index in [4.69, 9.17) is 33.2 Å². The summed E-state index contributed by atoms with van der Waals surface area (Å²) in [6, 6.07) is -0.745. The summed E-state index contributed by atoms with van der Waals surface area (Å²) >= 11 is 0. The molecule has 0 aliphatic carbocycles. The van der Waals surface area contributed by atoms with Gasteiger partial charge in [0.05, 0.1) is 18.8 Å². The Kier molecular flexibility index (Phi) is 16.1. The van der Waals surface area contributed by atoms with Crippen LogP contribution in [-0.4, -0.2) is 147 Å². The normalized spacial score (nSPS) is 31.9. The zero-order valence-corrected chi connectivity index (χ0v) is 25.5. The lowest BCUT2D eigenvalue weighted by Crippen LogP contribution is -2.67. The van der Waals surface area contributed by atoms with Crippen molar-refractivity contribution < 1.29 is 68.0 Å². The van der Waals surface area contributed by atoms with Crippen molar-refractivity contribution >= 4 is 18.2 Å². The Labute approximate surface area is 256 Å². The molecule has 0 aromatic rings. The summed E-state index contributed by atoms with van der Waals surface area (Å²) in [5.41, 5.74) is 0.506. The number of aliphatic carboxylic acids is 1. The molecule has 0 bridgehead atoms. The van der Waals surface area contributed by atoms with Crippen LogP contribution < -0.4 is 16.0 Å². The molecule has 2 aliphatic heterocycles. The van der Waals surface area contributed by atoms with E-state index < -0.39 is 79.3 Å². The standard InChI is InChI=1S/C27H47N3O14/c1-14(2)30-17-15(3)42-16(13-41-27(37)29-10-8-6-7-9-28-26(36)40-12-11-38-4)18(31)21(17)43-25-20(33)19(32)22(39-5)23(44-25)24(34)35/h15-23,25,30-33H,1,6-13H2,2-5H3,(H,28,36)(H,29,37)(H,34,35)/t15-,16-,17+,18?,19+,20-,21-,22?,23+,25-/m0/s1. The molecule has 2 aliphatic rings. The highest BCUT2D eigenvalue weighted by Gasteiger charge is 2.52. The van der Waals surface area contributed by atoms with E-state index in [9.17, 15) is 34.8 Å². The second-order valence-corrected chi connectivity index (χ2v) is 10.5. The monoisotopic (exact) mass is 637 g/mol. The van der Waals surface area contributed by atoms with Crippen LogP contribution in [0, 0.1) is 0 Å². The molecule has 0 saturated carbocycles. The van der Waals surface area contributed by atoms with Gasteiger partial charge in [-0.3, -0.25) is 0 Å². The fraction of sp³-hybridized carbons (Fsp3) is 0.815. The molecule has 0 spiro atoms. The molecule has 7 N–H and O–H groups in total. The summed E-state index contributed by atoms with van der Waals surface area (Å²) < 4.78 is 37.1. The van der Waals surface area contributed by atoms with Gasteiger partial charge in [0.2, 0.25) is 0 Å². The molecule has 2 rings (SSSR count). The van der Waals surface area contributed by atoms with Crippen molar-refractivity contribution in [2.45, 2.75) is 94.3 Å². The topological polar surface area (TPSA) is 233 Å². The van der Waals surface area contributed by atoms with Gasteiger partial charge in [-0.1, -0.05) is 6.58 Å². The SMILES string of the molecule is C=C(C)N[C@@H]1[C@H](C)O[C@@H](COC(=O)NCCCCCNC(=O)OCCOC)C(O)[C@H]1O[C@H]1O[C@@H](C(=O)O)C(OC)[C@H](O)[C@@H]1O. The summed E-state index contributed by atoms with van der Waals surface area (Å²) in [4.78, 5) is 35.4. The molecule has 2 saturated heterocycles. The van der Waals surface area contributed by atoms with Gasteiger partial charge in [-0.2, -0.15) is 0 Å². The molecular formula is C27H47N3O14. The number of aliphatic hydroxyl groups excluding tert-OH is 3.